The Bertz CT molecular complexity index is 603. The molecule has 0 unspecified atom stereocenters. The molecule has 0 saturated heterocycles. The molecule has 0 nitrogen and oxygen atoms in total. The summed E-state index contributed by atoms with van der Waals surface area (Å²) in [6, 6.07) is 18.4. The third kappa shape index (κ3) is 10.1. The summed E-state index contributed by atoms with van der Waals surface area (Å²) in [6.07, 6.45) is 18.8. The molecule has 0 heterocycles. The van der Waals surface area contributed by atoms with Gasteiger partial charge in [-0.2, -0.15) is 0 Å². The predicted octanol–water partition coefficient (Wildman–Crippen LogP) is 7.91. The minimum absolute atomic E-state index is 0.293. The Balaban J connectivity index is 1.74. The molecule has 0 aliphatic rings. The fraction of sp³-hybridized carbons (Fsp3) is 0.571. The third-order valence-electron chi connectivity index (χ3n) is 5.77. The summed E-state index contributed by atoms with van der Waals surface area (Å²) in [5, 5.41) is 0. The first-order chi connectivity index (χ1) is 14.7. The summed E-state index contributed by atoms with van der Waals surface area (Å²) < 4.78 is 2.68. The van der Waals surface area contributed by atoms with Crippen LogP contribution in [0.15, 0.2) is 48.5 Å². The van der Waals surface area contributed by atoms with Gasteiger partial charge < -0.3 is 0 Å². The molecule has 0 aliphatic carbocycles. The first kappa shape index (κ1) is 25.5. The quantitative estimate of drug-likeness (QED) is 0.144. The van der Waals surface area contributed by atoms with E-state index in [0.29, 0.717) is 0 Å². The van der Waals surface area contributed by atoms with E-state index >= 15 is 0 Å². The Hall–Kier alpha value is -0.716. The summed E-state index contributed by atoms with van der Waals surface area (Å²) in [6.45, 7) is 4.56. The Morgan fingerprint density at radius 2 is 0.833 bits per heavy atom. The molecule has 2 heteroatoms. The molecule has 0 N–H and O–H groups in total. The maximum atomic E-state index is 4.96. The van der Waals surface area contributed by atoms with Gasteiger partial charge >= 0.3 is 196 Å². The van der Waals surface area contributed by atoms with Gasteiger partial charge in [0.1, 0.15) is 0 Å². The normalized spacial score (nSPS) is 11.6. The van der Waals surface area contributed by atoms with Crippen molar-refractivity contribution < 1.29 is 12.3 Å². The molecule has 0 aliphatic heterocycles. The third-order valence-corrected chi connectivity index (χ3v) is 8.85. The zero-order chi connectivity index (χ0) is 21.4. The summed E-state index contributed by atoms with van der Waals surface area (Å²) in [5.41, 5.74) is 2.94. The predicted molar refractivity (Wildman–Crippen MR) is 135 cm³/mol. The molecule has 0 atom stereocenters. The molecule has 171 valence electrons. The molecule has 2 rings (SSSR count). The van der Waals surface area contributed by atoms with E-state index < -0.39 is 0 Å². The molecule has 0 spiro atoms. The van der Waals surface area contributed by atoms with Crippen molar-refractivity contribution >= 4 is 20.2 Å². The van der Waals surface area contributed by atoms with Crippen LogP contribution in [0.25, 0.3) is 0 Å². The Kier molecular flexibility index (Phi) is 13.6. The molecular formula is C28H43NiS. The van der Waals surface area contributed by atoms with Crippen molar-refractivity contribution in [1.82, 2.24) is 0 Å². The molecule has 2 aromatic carbocycles. The van der Waals surface area contributed by atoms with E-state index in [2.05, 4.69) is 62.4 Å². The van der Waals surface area contributed by atoms with E-state index in [1.54, 1.807) is 0 Å². The van der Waals surface area contributed by atoms with Crippen LogP contribution in [0.2, 0.25) is 0 Å². The van der Waals surface area contributed by atoms with Crippen LogP contribution in [-0.4, -0.2) is 0 Å². The van der Waals surface area contributed by atoms with Gasteiger partial charge in [-0.15, -0.1) is 0 Å². The van der Waals surface area contributed by atoms with Gasteiger partial charge in [-0.3, -0.25) is 0 Å². The van der Waals surface area contributed by atoms with Gasteiger partial charge in [-0.05, 0) is 0 Å². The van der Waals surface area contributed by atoms with Gasteiger partial charge in [0.05, 0.1) is 0 Å². The second kappa shape index (κ2) is 16.0. The zero-order valence-electron chi connectivity index (χ0n) is 19.3. The van der Waals surface area contributed by atoms with Crippen LogP contribution < -0.4 is 9.07 Å². The zero-order valence-corrected chi connectivity index (χ0v) is 21.2. The number of hydrogen-bond acceptors (Lipinski definition) is 1. The number of aryl methyl sites for hydroxylation is 2. The molecule has 0 amide bonds. The second-order valence-electron chi connectivity index (χ2n) is 8.44. The summed E-state index contributed by atoms with van der Waals surface area (Å²) in [5.74, 6) is 0. The fourth-order valence-electron chi connectivity index (χ4n) is 3.81. The first-order valence-corrected chi connectivity index (χ1v) is 14.8. The summed E-state index contributed by atoms with van der Waals surface area (Å²) >= 11 is 4.66. The van der Waals surface area contributed by atoms with Crippen molar-refractivity contribution in [3.63, 3.8) is 0 Å². The van der Waals surface area contributed by atoms with Gasteiger partial charge in [0, 0.05) is 0 Å². The number of thiol groups is 1. The number of rotatable bonds is 16. The molecule has 0 bridgehead atoms. The molecule has 0 fully saturated rings. The first-order valence-electron chi connectivity index (χ1n) is 12.2. The molecule has 0 radical (unpaired) electrons. The molecule has 0 saturated carbocycles. The van der Waals surface area contributed by atoms with Gasteiger partial charge in [0.15, 0.2) is 0 Å². The summed E-state index contributed by atoms with van der Waals surface area (Å²) in [7, 11) is 0. The second-order valence-corrected chi connectivity index (χ2v) is 11.4. The van der Waals surface area contributed by atoms with Crippen molar-refractivity contribution in [3.8, 4) is 0 Å². The number of unbranched alkanes of at least 4 members (excludes halogenated alkanes) is 10. The van der Waals surface area contributed by atoms with E-state index in [0.717, 1.165) is 0 Å². The molecular weight excluding hydrogens is 427 g/mol. The number of benzene rings is 2. The van der Waals surface area contributed by atoms with Crippen molar-refractivity contribution in [2.45, 2.75) is 104 Å². The van der Waals surface area contributed by atoms with E-state index in [1.165, 1.54) is 110 Å². The maximum absolute atomic E-state index is 4.96. The Labute approximate surface area is 195 Å². The standard InChI is InChI=1S/2C14H21.Ni.H2S/c2*1-2-3-4-5-6-8-11-14-12-9-7-10-13-14;;/h2*9-10,12-13H,2-6,8,11H2,1H3;;1H2/q;;+1;/p-1. The Morgan fingerprint density at radius 3 is 1.20 bits per heavy atom. The molecule has 0 aromatic heterocycles. The summed E-state index contributed by atoms with van der Waals surface area (Å²) in [4.78, 5) is 0. The monoisotopic (exact) mass is 469 g/mol. The van der Waals surface area contributed by atoms with Crippen molar-refractivity contribution in [1.29, 1.82) is 0 Å². The molecule has 2 aromatic rings. The van der Waals surface area contributed by atoms with Gasteiger partial charge in [0.2, 0.25) is 0 Å². The van der Waals surface area contributed by atoms with Crippen LogP contribution in [0.1, 0.15) is 102 Å². The van der Waals surface area contributed by atoms with E-state index in [9.17, 15) is 0 Å². The minimum atomic E-state index is -0.293. The SMILES string of the molecule is CCCCCCCCc1cc[c]([Ni]([SH])[c]2ccc(CCCCCCCC)cc2)cc1. The Morgan fingerprint density at radius 1 is 0.500 bits per heavy atom. The van der Waals surface area contributed by atoms with E-state index in [4.69, 9.17) is 11.1 Å². The van der Waals surface area contributed by atoms with E-state index in [-0.39, 0.29) is 12.3 Å². The van der Waals surface area contributed by atoms with Crippen molar-refractivity contribution in [3.05, 3.63) is 59.7 Å². The number of hydrogen-bond donors (Lipinski definition) is 1. The average molecular weight is 470 g/mol. The van der Waals surface area contributed by atoms with Crippen LogP contribution in [0.4, 0.5) is 0 Å². The van der Waals surface area contributed by atoms with Crippen LogP contribution in [0, 0.1) is 0 Å². The van der Waals surface area contributed by atoms with Crippen molar-refractivity contribution in [2.75, 3.05) is 0 Å². The van der Waals surface area contributed by atoms with Crippen LogP contribution in [-0.2, 0) is 25.2 Å². The van der Waals surface area contributed by atoms with Gasteiger partial charge in [0.25, 0.3) is 0 Å². The van der Waals surface area contributed by atoms with Crippen molar-refractivity contribution in [2.24, 2.45) is 0 Å². The van der Waals surface area contributed by atoms with E-state index in [1.807, 2.05) is 0 Å². The van der Waals surface area contributed by atoms with Gasteiger partial charge in [-0.25, -0.2) is 0 Å². The van der Waals surface area contributed by atoms with Crippen LogP contribution in [0.5, 0.6) is 0 Å². The average Bonchev–Trinajstić information content (AvgIpc) is 2.79. The van der Waals surface area contributed by atoms with Crippen LogP contribution in [0.3, 0.4) is 0 Å². The molecule has 30 heavy (non-hydrogen) atoms. The topological polar surface area (TPSA) is 0 Å². The van der Waals surface area contributed by atoms with Gasteiger partial charge in [-0.1, -0.05) is 0 Å². The fourth-order valence-corrected chi connectivity index (χ4v) is 5.87. The van der Waals surface area contributed by atoms with Crippen LogP contribution >= 0.6 is 11.1 Å².